The van der Waals surface area contributed by atoms with Crippen LogP contribution in [0.5, 0.6) is 5.75 Å². The van der Waals surface area contributed by atoms with Gasteiger partial charge in [0.05, 0.1) is 18.2 Å². The molecule has 1 N–H and O–H groups in total. The Bertz CT molecular complexity index is 777. The molecule has 1 atom stereocenters. The third-order valence-electron chi connectivity index (χ3n) is 5.23. The summed E-state index contributed by atoms with van der Waals surface area (Å²) in [6.45, 7) is 5.02. The van der Waals surface area contributed by atoms with Crippen molar-refractivity contribution in [3.8, 4) is 5.75 Å². The number of ether oxygens (including phenoxy) is 1. The van der Waals surface area contributed by atoms with Crippen molar-refractivity contribution in [2.45, 2.75) is 38.6 Å². The van der Waals surface area contributed by atoms with E-state index < -0.39 is 0 Å². The van der Waals surface area contributed by atoms with Crippen LogP contribution in [0.2, 0.25) is 5.02 Å². The van der Waals surface area contributed by atoms with E-state index in [1.807, 2.05) is 43.3 Å². The molecule has 0 aromatic heterocycles. The molecule has 0 radical (unpaired) electrons. The smallest absolute Gasteiger partial charge is 0.255 e. The zero-order chi connectivity index (χ0) is 19.8. The van der Waals surface area contributed by atoms with Crippen molar-refractivity contribution >= 4 is 29.9 Å². The summed E-state index contributed by atoms with van der Waals surface area (Å²) >= 11 is 6.52. The Hall–Kier alpha value is -1.75. The Kier molecular flexibility index (Phi) is 9.79. The molecular formula is C23H30Cl2N2O2. The van der Waals surface area contributed by atoms with Crippen molar-refractivity contribution in [2.24, 2.45) is 0 Å². The molecule has 0 spiro atoms. The van der Waals surface area contributed by atoms with E-state index in [4.69, 9.17) is 16.3 Å². The van der Waals surface area contributed by atoms with Crippen LogP contribution in [-0.4, -0.2) is 37.0 Å². The molecular weight excluding hydrogens is 407 g/mol. The van der Waals surface area contributed by atoms with Gasteiger partial charge in [-0.2, -0.15) is 0 Å². The Morgan fingerprint density at radius 2 is 1.72 bits per heavy atom. The Labute approximate surface area is 185 Å². The van der Waals surface area contributed by atoms with Gasteiger partial charge in [-0.1, -0.05) is 54.8 Å². The zero-order valence-corrected chi connectivity index (χ0v) is 18.5. The van der Waals surface area contributed by atoms with E-state index in [-0.39, 0.29) is 24.4 Å². The Morgan fingerprint density at radius 1 is 1.07 bits per heavy atom. The molecule has 1 heterocycles. The van der Waals surface area contributed by atoms with E-state index in [1.54, 1.807) is 6.07 Å². The van der Waals surface area contributed by atoms with Crippen molar-refractivity contribution in [1.29, 1.82) is 0 Å². The van der Waals surface area contributed by atoms with Crippen LogP contribution in [-0.2, 0) is 0 Å². The Morgan fingerprint density at radius 3 is 2.41 bits per heavy atom. The monoisotopic (exact) mass is 436 g/mol. The standard InChI is InChI=1S/C23H29ClN2O2.ClH/c1-2-28-22-14-8-6-12-19(22)23(27)25-17-21(18-11-5-7-13-20(18)24)26-15-9-3-4-10-16-26;/h5-8,11-14,21H,2-4,9-10,15-17H2,1H3,(H,25,27);1H. The topological polar surface area (TPSA) is 41.6 Å². The fourth-order valence-electron chi connectivity index (χ4n) is 3.81. The van der Waals surface area contributed by atoms with E-state index in [0.29, 0.717) is 24.5 Å². The summed E-state index contributed by atoms with van der Waals surface area (Å²) in [5.74, 6) is 0.502. The van der Waals surface area contributed by atoms with Crippen molar-refractivity contribution in [2.75, 3.05) is 26.2 Å². The quantitative estimate of drug-likeness (QED) is 0.621. The third-order valence-corrected chi connectivity index (χ3v) is 5.58. The van der Waals surface area contributed by atoms with E-state index in [1.165, 1.54) is 25.7 Å². The van der Waals surface area contributed by atoms with Gasteiger partial charge in [-0.3, -0.25) is 9.69 Å². The van der Waals surface area contributed by atoms with Crippen LogP contribution in [0, 0.1) is 0 Å². The number of rotatable bonds is 7. The van der Waals surface area contributed by atoms with Gasteiger partial charge in [0.2, 0.25) is 0 Å². The van der Waals surface area contributed by atoms with Crippen LogP contribution < -0.4 is 10.1 Å². The van der Waals surface area contributed by atoms with Gasteiger partial charge in [0.1, 0.15) is 5.75 Å². The molecule has 2 aromatic rings. The number of hydrogen-bond acceptors (Lipinski definition) is 3. The highest BCUT2D eigenvalue weighted by Crippen LogP contribution is 2.29. The lowest BCUT2D eigenvalue weighted by atomic mass is 10.0. The first-order chi connectivity index (χ1) is 13.7. The number of nitrogens with one attached hydrogen (secondary N) is 1. The second-order valence-corrected chi connectivity index (χ2v) is 7.53. The SMILES string of the molecule is CCOc1ccccc1C(=O)NCC(c1ccccc1Cl)N1CCCCCC1.Cl. The first-order valence-corrected chi connectivity index (χ1v) is 10.6. The molecule has 29 heavy (non-hydrogen) atoms. The average Bonchev–Trinajstić information content (AvgIpc) is 2.99. The first kappa shape index (κ1) is 23.5. The predicted molar refractivity (Wildman–Crippen MR) is 121 cm³/mol. The minimum Gasteiger partial charge on any atom is -0.493 e. The molecule has 1 amide bonds. The summed E-state index contributed by atoms with van der Waals surface area (Å²) in [7, 11) is 0. The number of amides is 1. The second-order valence-electron chi connectivity index (χ2n) is 7.13. The molecule has 1 fully saturated rings. The average molecular weight is 437 g/mol. The van der Waals surface area contributed by atoms with Gasteiger partial charge in [0.15, 0.2) is 0 Å². The normalized spacial score (nSPS) is 15.7. The highest BCUT2D eigenvalue weighted by atomic mass is 35.5. The zero-order valence-electron chi connectivity index (χ0n) is 16.9. The van der Waals surface area contributed by atoms with Gasteiger partial charge in [-0.05, 0) is 56.6 Å². The van der Waals surface area contributed by atoms with Crippen molar-refractivity contribution < 1.29 is 9.53 Å². The summed E-state index contributed by atoms with van der Waals surface area (Å²) < 4.78 is 5.61. The molecule has 1 saturated heterocycles. The largest absolute Gasteiger partial charge is 0.493 e. The van der Waals surface area contributed by atoms with Gasteiger partial charge in [-0.15, -0.1) is 12.4 Å². The molecule has 1 aliphatic heterocycles. The molecule has 0 aliphatic carbocycles. The van der Waals surface area contributed by atoms with Crippen molar-refractivity contribution in [3.63, 3.8) is 0 Å². The minimum absolute atomic E-state index is 0. The first-order valence-electron chi connectivity index (χ1n) is 10.2. The molecule has 1 unspecified atom stereocenters. The van der Waals surface area contributed by atoms with E-state index in [0.717, 1.165) is 23.7 Å². The summed E-state index contributed by atoms with van der Waals surface area (Å²) in [6, 6.07) is 15.4. The van der Waals surface area contributed by atoms with Gasteiger partial charge in [0, 0.05) is 11.6 Å². The number of benzene rings is 2. The number of carbonyl (C=O) groups excluding carboxylic acids is 1. The molecule has 1 aliphatic rings. The number of para-hydroxylation sites is 1. The summed E-state index contributed by atoms with van der Waals surface area (Å²) in [5, 5.41) is 3.87. The molecule has 0 saturated carbocycles. The van der Waals surface area contributed by atoms with Crippen LogP contribution in [0.1, 0.15) is 54.6 Å². The lowest BCUT2D eigenvalue weighted by molar-refractivity contribution is 0.0929. The fourth-order valence-corrected chi connectivity index (χ4v) is 4.07. The van der Waals surface area contributed by atoms with Crippen LogP contribution >= 0.6 is 24.0 Å². The Balaban J connectivity index is 0.00000300. The van der Waals surface area contributed by atoms with Crippen molar-refractivity contribution in [1.82, 2.24) is 10.2 Å². The van der Waals surface area contributed by atoms with Crippen LogP contribution in [0.3, 0.4) is 0 Å². The number of nitrogens with zero attached hydrogens (tertiary/aromatic N) is 1. The van der Waals surface area contributed by atoms with Crippen LogP contribution in [0.25, 0.3) is 0 Å². The number of hydrogen-bond donors (Lipinski definition) is 1. The third kappa shape index (κ3) is 6.36. The van der Waals surface area contributed by atoms with Crippen molar-refractivity contribution in [3.05, 3.63) is 64.7 Å². The van der Waals surface area contributed by atoms with Gasteiger partial charge < -0.3 is 10.1 Å². The summed E-state index contributed by atoms with van der Waals surface area (Å²) in [4.78, 5) is 15.3. The number of halogens is 2. The molecule has 0 bridgehead atoms. The molecule has 3 rings (SSSR count). The lowest BCUT2D eigenvalue weighted by Gasteiger charge is -2.32. The lowest BCUT2D eigenvalue weighted by Crippen LogP contribution is -2.39. The van der Waals surface area contributed by atoms with E-state index >= 15 is 0 Å². The van der Waals surface area contributed by atoms with Gasteiger partial charge in [-0.25, -0.2) is 0 Å². The minimum atomic E-state index is -0.115. The highest BCUT2D eigenvalue weighted by molar-refractivity contribution is 6.31. The maximum Gasteiger partial charge on any atom is 0.255 e. The molecule has 2 aromatic carbocycles. The fraction of sp³-hybridized carbons (Fsp3) is 0.435. The highest BCUT2D eigenvalue weighted by Gasteiger charge is 2.24. The predicted octanol–water partition coefficient (Wildman–Crippen LogP) is 5.51. The summed E-state index contributed by atoms with van der Waals surface area (Å²) in [6.07, 6.45) is 4.89. The second kappa shape index (κ2) is 12.1. The van der Waals surface area contributed by atoms with Crippen LogP contribution in [0.15, 0.2) is 48.5 Å². The molecule has 158 valence electrons. The maximum atomic E-state index is 12.9. The summed E-state index contributed by atoms with van der Waals surface area (Å²) in [5.41, 5.74) is 1.64. The maximum absolute atomic E-state index is 12.9. The molecule has 4 nitrogen and oxygen atoms in total. The van der Waals surface area contributed by atoms with Gasteiger partial charge >= 0.3 is 0 Å². The number of likely N-dealkylation sites (tertiary alicyclic amines) is 1. The van der Waals surface area contributed by atoms with E-state index in [2.05, 4.69) is 16.3 Å². The number of carbonyl (C=O) groups is 1. The van der Waals surface area contributed by atoms with Crippen LogP contribution in [0.4, 0.5) is 0 Å². The van der Waals surface area contributed by atoms with Gasteiger partial charge in [0.25, 0.3) is 5.91 Å². The van der Waals surface area contributed by atoms with E-state index in [9.17, 15) is 4.79 Å². The molecule has 6 heteroatoms.